The third-order valence-electron chi connectivity index (χ3n) is 6.08. The Morgan fingerprint density at radius 3 is 2.62 bits per heavy atom. The van der Waals surface area contributed by atoms with Gasteiger partial charge in [-0.15, -0.1) is 0 Å². The number of hydrogen-bond donors (Lipinski definition) is 0. The zero-order valence-corrected chi connectivity index (χ0v) is 15.3. The van der Waals surface area contributed by atoms with Gasteiger partial charge in [0.25, 0.3) is 0 Å². The molecule has 1 saturated heterocycles. The Morgan fingerprint density at radius 1 is 1.35 bits per heavy atom. The Morgan fingerprint density at radius 2 is 2.00 bits per heavy atom. The lowest BCUT2D eigenvalue weighted by Crippen LogP contribution is -2.49. The van der Waals surface area contributed by atoms with Crippen LogP contribution in [0.3, 0.4) is 0 Å². The fourth-order valence-corrected chi connectivity index (χ4v) is 4.24. The second-order valence-corrected chi connectivity index (χ2v) is 7.40. The van der Waals surface area contributed by atoms with E-state index in [2.05, 4.69) is 6.58 Å². The first-order chi connectivity index (χ1) is 12.1. The molecule has 1 saturated carbocycles. The van der Waals surface area contributed by atoms with Gasteiger partial charge in [0.15, 0.2) is 17.7 Å². The number of rotatable bonds is 2. The molecule has 6 heteroatoms. The van der Waals surface area contributed by atoms with Crippen LogP contribution in [0, 0.1) is 23.2 Å². The quantitative estimate of drug-likeness (QED) is 0.554. The highest BCUT2D eigenvalue weighted by atomic mass is 16.6. The summed E-state index contributed by atoms with van der Waals surface area (Å²) in [5, 5.41) is 0. The monoisotopic (exact) mass is 358 g/mol. The van der Waals surface area contributed by atoms with Crippen LogP contribution in [-0.4, -0.2) is 35.7 Å². The van der Waals surface area contributed by atoms with E-state index in [4.69, 9.17) is 9.47 Å². The summed E-state index contributed by atoms with van der Waals surface area (Å²) in [4.78, 5) is 50.2. The van der Waals surface area contributed by atoms with E-state index in [1.54, 1.807) is 39.8 Å². The van der Waals surface area contributed by atoms with Gasteiger partial charge in [0.05, 0.1) is 11.3 Å². The van der Waals surface area contributed by atoms with Gasteiger partial charge in [0, 0.05) is 23.0 Å². The molecule has 0 aromatic carbocycles. The molecule has 138 valence electrons. The predicted octanol–water partition coefficient (Wildman–Crippen LogP) is 1.94. The van der Waals surface area contributed by atoms with Crippen LogP contribution in [0.5, 0.6) is 0 Å². The number of carbonyl (C=O) groups excluding carboxylic acids is 4. The van der Waals surface area contributed by atoms with E-state index in [9.17, 15) is 19.2 Å². The minimum atomic E-state index is -1.16. The molecular formula is C20H22O6. The van der Waals surface area contributed by atoms with Crippen molar-refractivity contribution in [1.82, 2.24) is 0 Å². The molecule has 2 fully saturated rings. The molecule has 3 aliphatic rings. The van der Waals surface area contributed by atoms with Gasteiger partial charge in [-0.2, -0.15) is 0 Å². The van der Waals surface area contributed by atoms with Gasteiger partial charge in [-0.05, 0) is 26.8 Å². The number of hydrogen-bond acceptors (Lipinski definition) is 6. The number of allylic oxidation sites excluding steroid dienone is 3. The summed E-state index contributed by atoms with van der Waals surface area (Å²) >= 11 is 0. The Balaban J connectivity index is 2.15. The molecule has 0 N–H and O–H groups in total. The van der Waals surface area contributed by atoms with Crippen LogP contribution in [0.1, 0.15) is 27.7 Å². The van der Waals surface area contributed by atoms with Crippen molar-refractivity contribution in [3.8, 4) is 0 Å². The van der Waals surface area contributed by atoms with Gasteiger partial charge in [0.1, 0.15) is 6.10 Å². The van der Waals surface area contributed by atoms with Crippen LogP contribution in [0.15, 0.2) is 36.0 Å². The summed E-state index contributed by atoms with van der Waals surface area (Å²) in [5.74, 6) is -3.66. The van der Waals surface area contributed by atoms with E-state index in [1.165, 1.54) is 6.08 Å². The SMILES string of the molecule is C=C1C(=O)O[C@@H]2C(=O)[C@@H](C)[C@@H]3C=CC(=O)[C@@]3(C)[C@@H](OC(=O)/C(C)=C\C)[C@H]12. The molecule has 26 heavy (non-hydrogen) atoms. The summed E-state index contributed by atoms with van der Waals surface area (Å²) in [7, 11) is 0. The second kappa shape index (κ2) is 6.04. The first-order valence-corrected chi connectivity index (χ1v) is 8.64. The average molecular weight is 358 g/mol. The zero-order valence-electron chi connectivity index (χ0n) is 15.3. The molecule has 3 rings (SSSR count). The third-order valence-corrected chi connectivity index (χ3v) is 6.08. The molecule has 0 aromatic rings. The lowest BCUT2D eigenvalue weighted by molar-refractivity contribution is -0.161. The lowest BCUT2D eigenvalue weighted by Gasteiger charge is -2.39. The largest absolute Gasteiger partial charge is 0.457 e. The van der Waals surface area contributed by atoms with E-state index in [1.807, 2.05) is 0 Å². The van der Waals surface area contributed by atoms with E-state index < -0.39 is 47.3 Å². The highest BCUT2D eigenvalue weighted by molar-refractivity contribution is 6.04. The minimum Gasteiger partial charge on any atom is -0.457 e. The van der Waals surface area contributed by atoms with Crippen LogP contribution in [0.25, 0.3) is 0 Å². The van der Waals surface area contributed by atoms with Crippen LogP contribution >= 0.6 is 0 Å². The number of fused-ring (bicyclic) bond motifs is 2. The third kappa shape index (κ3) is 2.31. The van der Waals surface area contributed by atoms with Gasteiger partial charge in [-0.1, -0.05) is 25.7 Å². The zero-order chi connectivity index (χ0) is 19.4. The number of Topliss-reactive ketones (excluding diaryl/α,β-unsaturated/α-hetero) is 1. The van der Waals surface area contributed by atoms with Crippen LogP contribution < -0.4 is 0 Å². The number of ketones is 2. The van der Waals surface area contributed by atoms with E-state index in [0.717, 1.165) is 0 Å². The van der Waals surface area contributed by atoms with Gasteiger partial charge >= 0.3 is 11.9 Å². The molecule has 0 unspecified atom stereocenters. The fourth-order valence-electron chi connectivity index (χ4n) is 4.24. The van der Waals surface area contributed by atoms with Crippen molar-refractivity contribution in [2.75, 3.05) is 0 Å². The van der Waals surface area contributed by atoms with Crippen molar-refractivity contribution >= 4 is 23.5 Å². The van der Waals surface area contributed by atoms with Crippen molar-refractivity contribution < 1.29 is 28.7 Å². The molecule has 0 spiro atoms. The molecular weight excluding hydrogens is 336 g/mol. The van der Waals surface area contributed by atoms with E-state index >= 15 is 0 Å². The lowest BCUT2D eigenvalue weighted by atomic mass is 9.67. The average Bonchev–Trinajstić information content (AvgIpc) is 3.06. The topological polar surface area (TPSA) is 86.7 Å². The standard InChI is InChI=1S/C20H22O6/c1-6-9(2)18(23)26-17-14-11(4)19(24)25-16(14)15(22)10(3)12-7-8-13(21)20(12,17)5/h6-8,10,12,14,16-17H,4H2,1-3,5H3/b9-6-/t10-,12-,14+,16-,17-,20-/m0/s1. The van der Waals surface area contributed by atoms with Crippen LogP contribution in [0.4, 0.5) is 0 Å². The molecule has 1 aliphatic heterocycles. The van der Waals surface area contributed by atoms with Gasteiger partial charge in [0.2, 0.25) is 0 Å². The Labute approximate surface area is 151 Å². The van der Waals surface area contributed by atoms with Crippen molar-refractivity contribution in [2.24, 2.45) is 23.2 Å². The van der Waals surface area contributed by atoms with Crippen molar-refractivity contribution in [1.29, 1.82) is 0 Å². The summed E-state index contributed by atoms with van der Waals surface area (Å²) in [5.41, 5.74) is -0.720. The van der Waals surface area contributed by atoms with Crippen molar-refractivity contribution in [2.45, 2.75) is 39.9 Å². The number of ether oxygens (including phenoxy) is 2. The Kier molecular flexibility index (Phi) is 4.25. The van der Waals surface area contributed by atoms with E-state index in [0.29, 0.717) is 5.57 Å². The van der Waals surface area contributed by atoms with E-state index in [-0.39, 0.29) is 17.1 Å². The molecule has 6 nitrogen and oxygen atoms in total. The normalized spacial score (nSPS) is 39.4. The molecule has 6 atom stereocenters. The van der Waals surface area contributed by atoms with Gasteiger partial charge < -0.3 is 9.47 Å². The molecule has 0 bridgehead atoms. The summed E-state index contributed by atoms with van der Waals surface area (Å²) in [6.07, 6.45) is 2.62. The molecule has 0 amide bonds. The first-order valence-electron chi connectivity index (χ1n) is 8.64. The van der Waals surface area contributed by atoms with Gasteiger partial charge in [-0.3, -0.25) is 9.59 Å². The molecule has 1 heterocycles. The smallest absolute Gasteiger partial charge is 0.334 e. The highest BCUT2D eigenvalue weighted by Gasteiger charge is 2.64. The fraction of sp³-hybridized carbons (Fsp3) is 0.500. The Hall–Kier alpha value is -2.50. The highest BCUT2D eigenvalue weighted by Crippen LogP contribution is 2.53. The molecule has 0 radical (unpaired) electrons. The maximum absolute atomic E-state index is 12.9. The molecule has 0 aromatic heterocycles. The first kappa shape index (κ1) is 18.3. The van der Waals surface area contributed by atoms with Crippen molar-refractivity contribution in [3.63, 3.8) is 0 Å². The predicted molar refractivity (Wildman–Crippen MR) is 91.7 cm³/mol. The van der Waals surface area contributed by atoms with Crippen LogP contribution in [-0.2, 0) is 28.7 Å². The second-order valence-electron chi connectivity index (χ2n) is 7.40. The minimum absolute atomic E-state index is 0.0630. The number of carbonyl (C=O) groups is 4. The maximum atomic E-state index is 12.9. The van der Waals surface area contributed by atoms with Crippen LogP contribution in [0.2, 0.25) is 0 Å². The Bertz CT molecular complexity index is 788. The summed E-state index contributed by atoms with van der Waals surface area (Å²) < 4.78 is 11.0. The summed E-state index contributed by atoms with van der Waals surface area (Å²) in [6.45, 7) is 10.4. The molecule has 2 aliphatic carbocycles. The number of esters is 2. The van der Waals surface area contributed by atoms with Crippen molar-refractivity contribution in [3.05, 3.63) is 36.0 Å². The maximum Gasteiger partial charge on any atom is 0.334 e. The van der Waals surface area contributed by atoms with Gasteiger partial charge in [-0.25, -0.2) is 9.59 Å². The summed E-state index contributed by atoms with van der Waals surface area (Å²) in [6, 6.07) is 0.